The number of aromatic amines is 1. The van der Waals surface area contributed by atoms with E-state index in [2.05, 4.69) is 26.9 Å². The molecule has 5 aromatic rings. The van der Waals surface area contributed by atoms with E-state index in [0.29, 0.717) is 51.6 Å². The Bertz CT molecular complexity index is 1660. The molecule has 1 fully saturated rings. The predicted octanol–water partition coefficient (Wildman–Crippen LogP) is 2.17. The number of H-pyrrole nitrogens is 1. The second-order valence-corrected chi connectivity index (χ2v) is 7.40. The number of nitrogens with one attached hydrogen (secondary N) is 1. The minimum Gasteiger partial charge on any atom is -0.345 e. The highest BCUT2D eigenvalue weighted by atomic mass is 16.1. The molecule has 0 amide bonds. The second-order valence-electron chi connectivity index (χ2n) is 7.40. The zero-order chi connectivity index (χ0) is 21.8. The van der Waals surface area contributed by atoms with Crippen molar-refractivity contribution in [1.29, 1.82) is 5.26 Å². The lowest BCUT2D eigenvalue weighted by atomic mass is 10.2. The van der Waals surface area contributed by atoms with E-state index in [-0.39, 0.29) is 11.6 Å². The van der Waals surface area contributed by atoms with E-state index in [0.717, 1.165) is 0 Å². The maximum Gasteiger partial charge on any atom is 0.283 e. The van der Waals surface area contributed by atoms with Crippen molar-refractivity contribution in [1.82, 2.24) is 29.1 Å². The molecular weight excluding hydrogens is 404 g/mol. The molecule has 9 nitrogen and oxygen atoms in total. The zero-order valence-electron chi connectivity index (χ0n) is 16.6. The van der Waals surface area contributed by atoms with Crippen molar-refractivity contribution in [3.05, 3.63) is 82.4 Å². The van der Waals surface area contributed by atoms with E-state index < -0.39 is 0 Å². The molecule has 6 rings (SSSR count). The highest BCUT2D eigenvalue weighted by Crippen LogP contribution is 2.41. The molecule has 1 aliphatic rings. The number of nitrogens with zero attached hydrogens (tertiary/aromatic N) is 7. The lowest BCUT2D eigenvalue weighted by molar-refractivity contribution is 0.733. The fourth-order valence-electron chi connectivity index (χ4n) is 4.09. The van der Waals surface area contributed by atoms with Gasteiger partial charge in [-0.15, -0.1) is 6.42 Å². The Morgan fingerprint density at radius 3 is 2.78 bits per heavy atom. The van der Waals surface area contributed by atoms with Crippen molar-refractivity contribution < 1.29 is 0 Å². The van der Waals surface area contributed by atoms with Crippen LogP contribution in [0.5, 0.6) is 0 Å². The molecule has 0 bridgehead atoms. The molecule has 1 atom stereocenters. The molecule has 1 N–H and O–H groups in total. The second kappa shape index (κ2) is 6.56. The van der Waals surface area contributed by atoms with Crippen LogP contribution in [0.4, 0.5) is 5.82 Å². The summed E-state index contributed by atoms with van der Waals surface area (Å²) in [6, 6.07) is 13.0. The van der Waals surface area contributed by atoms with Gasteiger partial charge in [-0.05, 0) is 18.2 Å². The van der Waals surface area contributed by atoms with Crippen LogP contribution >= 0.6 is 0 Å². The van der Waals surface area contributed by atoms with Gasteiger partial charge in [-0.25, -0.2) is 14.5 Å². The quantitative estimate of drug-likeness (QED) is 0.355. The smallest absolute Gasteiger partial charge is 0.283 e. The predicted molar refractivity (Wildman–Crippen MR) is 117 cm³/mol. The number of rotatable bonds is 3. The van der Waals surface area contributed by atoms with Gasteiger partial charge in [0.15, 0.2) is 5.82 Å². The zero-order valence-corrected chi connectivity index (χ0v) is 16.6. The summed E-state index contributed by atoms with van der Waals surface area (Å²) in [5.41, 5.74) is 2.37. The first-order chi connectivity index (χ1) is 15.7. The molecule has 0 spiro atoms. The lowest BCUT2D eigenvalue weighted by Crippen LogP contribution is -2.27. The van der Waals surface area contributed by atoms with Gasteiger partial charge >= 0.3 is 0 Å². The third-order valence-corrected chi connectivity index (χ3v) is 5.63. The molecule has 1 saturated heterocycles. The molecule has 9 heteroatoms. The summed E-state index contributed by atoms with van der Waals surface area (Å²) in [7, 11) is 0. The molecule has 1 aliphatic heterocycles. The summed E-state index contributed by atoms with van der Waals surface area (Å²) >= 11 is 0. The number of hydrogen-bond donors (Lipinski definition) is 1. The number of aromatic nitrogens is 6. The highest BCUT2D eigenvalue weighted by Gasteiger charge is 2.42. The van der Waals surface area contributed by atoms with Crippen molar-refractivity contribution in [2.24, 2.45) is 0 Å². The normalized spacial score (nSPS) is 15.1. The monoisotopic (exact) mass is 418 g/mol. The summed E-state index contributed by atoms with van der Waals surface area (Å²) in [6.07, 6.45) is 10.4. The van der Waals surface area contributed by atoms with Gasteiger partial charge in [0.25, 0.3) is 5.56 Å². The SMILES string of the molecule is C#Cc1ccn2nc(C3CN3c3ncnc4[nH]cc(C#N)c34)n(-c3ccccc3)c(=O)c12. The van der Waals surface area contributed by atoms with Gasteiger partial charge < -0.3 is 9.88 Å². The van der Waals surface area contributed by atoms with E-state index in [4.69, 9.17) is 11.5 Å². The molecule has 0 aliphatic carbocycles. The minimum atomic E-state index is -0.238. The summed E-state index contributed by atoms with van der Waals surface area (Å²) in [6.45, 7) is 0.593. The molecule has 32 heavy (non-hydrogen) atoms. The molecule has 5 heterocycles. The van der Waals surface area contributed by atoms with Crippen LogP contribution < -0.4 is 10.5 Å². The van der Waals surface area contributed by atoms with Crippen LogP contribution in [-0.2, 0) is 0 Å². The van der Waals surface area contributed by atoms with Crippen molar-refractivity contribution >= 4 is 22.4 Å². The molecule has 0 radical (unpaired) electrons. The Balaban J connectivity index is 1.56. The van der Waals surface area contributed by atoms with Gasteiger partial charge in [-0.3, -0.25) is 9.36 Å². The maximum atomic E-state index is 13.6. The first-order valence-electron chi connectivity index (χ1n) is 9.86. The fourth-order valence-corrected chi connectivity index (χ4v) is 4.09. The highest BCUT2D eigenvalue weighted by molar-refractivity contribution is 5.93. The number of para-hydroxylation sites is 1. The molecule has 0 saturated carbocycles. The Morgan fingerprint density at radius 1 is 1.16 bits per heavy atom. The lowest BCUT2D eigenvalue weighted by Gasteiger charge is -2.13. The van der Waals surface area contributed by atoms with E-state index in [1.165, 1.54) is 10.8 Å². The van der Waals surface area contributed by atoms with Gasteiger partial charge in [-0.2, -0.15) is 10.4 Å². The third-order valence-electron chi connectivity index (χ3n) is 5.63. The van der Waals surface area contributed by atoms with Crippen LogP contribution in [0.2, 0.25) is 0 Å². The topological polar surface area (TPSA) is 108 Å². The van der Waals surface area contributed by atoms with Crippen molar-refractivity contribution in [3.8, 4) is 24.1 Å². The molecular formula is C23H14N8O. The number of anilines is 1. The summed E-state index contributed by atoms with van der Waals surface area (Å²) in [5, 5.41) is 14.9. The van der Waals surface area contributed by atoms with Crippen molar-refractivity contribution in [3.63, 3.8) is 0 Å². The van der Waals surface area contributed by atoms with Crippen LogP contribution in [0.3, 0.4) is 0 Å². The van der Waals surface area contributed by atoms with Crippen LogP contribution in [0, 0.1) is 23.7 Å². The molecule has 1 unspecified atom stereocenters. The number of fused-ring (bicyclic) bond motifs is 2. The van der Waals surface area contributed by atoms with Crippen LogP contribution in [0.1, 0.15) is 23.0 Å². The average Bonchev–Trinajstić information content (AvgIpc) is 3.32. The van der Waals surface area contributed by atoms with Crippen LogP contribution in [0.25, 0.3) is 22.2 Å². The molecule has 152 valence electrons. The van der Waals surface area contributed by atoms with E-state index in [1.54, 1.807) is 23.0 Å². The number of nitriles is 1. The van der Waals surface area contributed by atoms with E-state index in [1.807, 2.05) is 35.2 Å². The van der Waals surface area contributed by atoms with Gasteiger partial charge in [0.1, 0.15) is 35.4 Å². The minimum absolute atomic E-state index is 0.205. The van der Waals surface area contributed by atoms with Crippen molar-refractivity contribution in [2.75, 3.05) is 11.4 Å². The number of benzene rings is 1. The molecule has 4 aromatic heterocycles. The van der Waals surface area contributed by atoms with E-state index in [9.17, 15) is 10.1 Å². The van der Waals surface area contributed by atoms with Crippen LogP contribution in [-0.4, -0.2) is 35.7 Å². The van der Waals surface area contributed by atoms with Gasteiger partial charge in [0.2, 0.25) is 0 Å². The summed E-state index contributed by atoms with van der Waals surface area (Å²) in [4.78, 5) is 27.2. The largest absolute Gasteiger partial charge is 0.345 e. The first-order valence-corrected chi connectivity index (χ1v) is 9.86. The van der Waals surface area contributed by atoms with Gasteiger partial charge in [0, 0.05) is 18.9 Å². The third kappa shape index (κ3) is 2.45. The first kappa shape index (κ1) is 17.9. The van der Waals surface area contributed by atoms with Crippen LogP contribution in [0.15, 0.2) is 59.9 Å². The summed E-state index contributed by atoms with van der Waals surface area (Å²) < 4.78 is 3.14. The molecule has 1 aromatic carbocycles. The fraction of sp³-hybridized carbons (Fsp3) is 0.0870. The number of hydrogen-bond acceptors (Lipinski definition) is 6. The van der Waals surface area contributed by atoms with Gasteiger partial charge in [-0.1, -0.05) is 24.1 Å². The number of terminal acetylenes is 1. The van der Waals surface area contributed by atoms with Crippen molar-refractivity contribution in [2.45, 2.75) is 6.04 Å². The maximum absolute atomic E-state index is 13.6. The van der Waals surface area contributed by atoms with Gasteiger partial charge in [0.05, 0.1) is 22.2 Å². The Hall–Kier alpha value is -4.89. The Kier molecular flexibility index (Phi) is 3.67. The Labute approximate surface area is 181 Å². The average molecular weight is 418 g/mol. The standard InChI is InChI=1S/C23H14N8O/c1-2-14-8-9-30-19(14)23(32)31(16-6-4-3-5-7-16)21(28-30)17-12-29(17)22-18-15(10-24)11-25-20(18)26-13-27-22/h1,3-9,11,13,17H,12H2,(H,25,26,27). The summed E-state index contributed by atoms with van der Waals surface area (Å²) in [5.74, 6) is 3.75. The van der Waals surface area contributed by atoms with E-state index >= 15 is 0 Å². The Morgan fingerprint density at radius 2 is 2.00 bits per heavy atom.